The second-order valence-corrected chi connectivity index (χ2v) is 15.4. The van der Waals surface area contributed by atoms with Gasteiger partial charge in [-0.1, -0.05) is 0 Å². The zero-order valence-electron chi connectivity index (χ0n) is 33.0. The molecule has 5 heterocycles. The lowest BCUT2D eigenvalue weighted by Gasteiger charge is -2.50. The molecule has 0 aromatic heterocycles. The van der Waals surface area contributed by atoms with E-state index >= 15 is 0 Å². The van der Waals surface area contributed by atoms with E-state index in [0.717, 1.165) is 13.8 Å². The highest BCUT2D eigenvalue weighted by molar-refractivity contribution is 5.73. The van der Waals surface area contributed by atoms with Crippen molar-refractivity contribution in [3.63, 3.8) is 0 Å². The molecule has 0 bridgehead atoms. The summed E-state index contributed by atoms with van der Waals surface area (Å²) < 4.78 is 51.5. The Labute approximate surface area is 346 Å². The monoisotopic (exact) mass is 894 g/mol. The second kappa shape index (κ2) is 21.3. The summed E-state index contributed by atoms with van der Waals surface area (Å²) in [6.07, 6.45) is -41.2. The average molecular weight is 895 g/mol. The van der Waals surface area contributed by atoms with Crippen LogP contribution in [0.4, 0.5) is 0 Å². The molecule has 5 aliphatic heterocycles. The third-order valence-corrected chi connectivity index (χ3v) is 11.1. The molecule has 2 amide bonds. The van der Waals surface area contributed by atoms with Crippen LogP contribution in [0.2, 0.25) is 0 Å². The fraction of sp³-hybridized carbons (Fsp3) is 0.941. The van der Waals surface area contributed by atoms with E-state index in [9.17, 15) is 81.1 Å². The summed E-state index contributed by atoms with van der Waals surface area (Å²) in [5.41, 5.74) is 0. The van der Waals surface area contributed by atoms with Crippen LogP contribution >= 0.6 is 0 Å². The van der Waals surface area contributed by atoms with Crippen molar-refractivity contribution in [2.75, 3.05) is 26.4 Å². The van der Waals surface area contributed by atoms with Crippen LogP contribution in [0.5, 0.6) is 0 Å². The number of amides is 2. The lowest BCUT2D eigenvalue weighted by atomic mass is 9.94. The van der Waals surface area contributed by atoms with Crippen molar-refractivity contribution < 1.29 is 124 Å². The largest absolute Gasteiger partial charge is 0.394 e. The lowest BCUT2D eigenvalue weighted by Crippen LogP contribution is -2.70. The highest BCUT2D eigenvalue weighted by Gasteiger charge is 2.57. The Hall–Kier alpha value is -1.98. The molecular weight excluding hydrogens is 836 g/mol. The smallest absolute Gasteiger partial charge is 0.217 e. The van der Waals surface area contributed by atoms with Crippen molar-refractivity contribution in [1.29, 1.82) is 0 Å². The molecule has 16 N–H and O–H groups in total. The Kier molecular flexibility index (Phi) is 17.5. The van der Waals surface area contributed by atoms with Gasteiger partial charge in [0.2, 0.25) is 11.8 Å². The van der Waals surface area contributed by atoms with Crippen LogP contribution in [0.25, 0.3) is 0 Å². The van der Waals surface area contributed by atoms with Gasteiger partial charge in [0.05, 0.1) is 32.5 Å². The van der Waals surface area contributed by atoms with E-state index < -0.39 is 192 Å². The van der Waals surface area contributed by atoms with Gasteiger partial charge in [-0.25, -0.2) is 0 Å². The standard InChI is InChI=1S/C34H58N2O25/c1-8-17(42)22(47)24(49)32(54-8)61-29-26(51)27(59-33-25(50)23(48)19(44)12(5-38)57-33)13(6-39)58-34(29)60-28-16(36-10(3)41)30(52)55-14(20(28)45)7-53-31-15(35-9(2)40)21(46)18(43)11(4-37)56-31/h8,11-34,37-39,42-52H,4-7H2,1-3H3,(H,35,40)(H,36,41)/t8-,11+,12+,13+,14+,15+,16+,17+,18+,19-,20-,21+,22+,23-,24-,25+,26-,27-,28+,29+,30-,31+,32-,33+,34-/m0/s1. The first kappa shape index (κ1) is 50.0. The number of carbonyl (C=O) groups excluding carboxylic acids is 2. The maximum atomic E-state index is 12.3. The van der Waals surface area contributed by atoms with Gasteiger partial charge >= 0.3 is 0 Å². The van der Waals surface area contributed by atoms with Crippen LogP contribution in [0.15, 0.2) is 0 Å². The Balaban J connectivity index is 1.44. The van der Waals surface area contributed by atoms with E-state index in [4.69, 9.17) is 42.6 Å². The topological polar surface area (TPSA) is 424 Å². The van der Waals surface area contributed by atoms with Gasteiger partial charge in [-0.3, -0.25) is 9.59 Å². The number of aliphatic hydroxyl groups excluding tert-OH is 14. The van der Waals surface area contributed by atoms with Crippen LogP contribution in [0.1, 0.15) is 20.8 Å². The Morgan fingerprint density at radius 3 is 1.51 bits per heavy atom. The number of carbonyl (C=O) groups is 2. The lowest BCUT2D eigenvalue weighted by molar-refractivity contribution is -0.397. The Morgan fingerprint density at radius 1 is 0.459 bits per heavy atom. The minimum atomic E-state index is -2.12. The van der Waals surface area contributed by atoms with Crippen molar-refractivity contribution in [2.45, 2.75) is 174 Å². The molecule has 5 rings (SSSR count). The normalized spacial score (nSPS) is 49.6. The van der Waals surface area contributed by atoms with Gasteiger partial charge in [0, 0.05) is 13.8 Å². The summed E-state index contributed by atoms with van der Waals surface area (Å²) in [4.78, 5) is 24.3. The van der Waals surface area contributed by atoms with Crippen molar-refractivity contribution in [2.24, 2.45) is 0 Å². The maximum absolute atomic E-state index is 12.3. The number of hydrogen-bond acceptors (Lipinski definition) is 25. The van der Waals surface area contributed by atoms with E-state index in [0.29, 0.717) is 0 Å². The van der Waals surface area contributed by atoms with Gasteiger partial charge in [0.15, 0.2) is 31.5 Å². The van der Waals surface area contributed by atoms with Crippen molar-refractivity contribution in [3.05, 3.63) is 0 Å². The van der Waals surface area contributed by atoms with Crippen LogP contribution < -0.4 is 10.6 Å². The summed E-state index contributed by atoms with van der Waals surface area (Å²) in [7, 11) is 0. The van der Waals surface area contributed by atoms with Gasteiger partial charge in [0.25, 0.3) is 0 Å². The van der Waals surface area contributed by atoms with Gasteiger partial charge in [0.1, 0.15) is 116 Å². The highest BCUT2D eigenvalue weighted by atomic mass is 16.8. The van der Waals surface area contributed by atoms with Gasteiger partial charge < -0.3 is 125 Å². The molecule has 27 nitrogen and oxygen atoms in total. The SMILES string of the molecule is CC(=O)N[C@@H]1[C@@H](O[C@@H]2O[C@H](CO)[C@H](O[C@H]3O[C@H](CO)[C@H](O)[C@H](O)[C@H]3O)[C@H](O)[C@H]2O[C@@H]2O[C@@H](C)[C@@H](O)[C@@H](O)[C@@H]2O)[C@@H](O)[C@@H](CO[C@@H]2O[C@H](CO)[C@@H](O)[C@H](O)[C@H]2NC(C)=O)O[C@@H]1O. The molecule has 0 spiro atoms. The number of nitrogens with one attached hydrogen (secondary N) is 2. The highest BCUT2D eigenvalue weighted by Crippen LogP contribution is 2.36. The van der Waals surface area contributed by atoms with E-state index in [1.165, 1.54) is 6.92 Å². The van der Waals surface area contributed by atoms with Crippen molar-refractivity contribution in [1.82, 2.24) is 10.6 Å². The summed E-state index contributed by atoms with van der Waals surface area (Å²) in [5.74, 6) is -1.45. The molecule has 0 saturated carbocycles. The van der Waals surface area contributed by atoms with Crippen molar-refractivity contribution in [3.8, 4) is 0 Å². The molecular formula is C34H58N2O25. The number of hydrogen-bond donors (Lipinski definition) is 16. The zero-order chi connectivity index (χ0) is 45.2. The third kappa shape index (κ3) is 10.9. The Bertz CT molecular complexity index is 1420. The van der Waals surface area contributed by atoms with Gasteiger partial charge in [-0.15, -0.1) is 0 Å². The predicted molar refractivity (Wildman–Crippen MR) is 188 cm³/mol. The molecule has 0 aromatic carbocycles. The van der Waals surface area contributed by atoms with E-state index in [1.807, 2.05) is 0 Å². The first-order valence-corrected chi connectivity index (χ1v) is 19.4. The molecule has 0 aliphatic carbocycles. The quantitative estimate of drug-likeness (QED) is 0.0770. The summed E-state index contributed by atoms with van der Waals surface area (Å²) in [6, 6.07) is -3.09. The molecule has 27 heteroatoms. The number of aliphatic hydroxyl groups is 14. The summed E-state index contributed by atoms with van der Waals surface area (Å²) in [5, 5.41) is 153. The minimum Gasteiger partial charge on any atom is -0.394 e. The molecule has 5 fully saturated rings. The molecule has 25 atom stereocenters. The van der Waals surface area contributed by atoms with Crippen LogP contribution in [0.3, 0.4) is 0 Å². The van der Waals surface area contributed by atoms with Gasteiger partial charge in [-0.05, 0) is 6.92 Å². The molecule has 5 aliphatic rings. The first-order valence-electron chi connectivity index (χ1n) is 19.4. The molecule has 354 valence electrons. The summed E-state index contributed by atoms with van der Waals surface area (Å²) >= 11 is 0. The minimum absolute atomic E-state index is 0.674. The van der Waals surface area contributed by atoms with Crippen LogP contribution in [0, 0.1) is 0 Å². The van der Waals surface area contributed by atoms with Gasteiger partial charge in [-0.2, -0.15) is 0 Å². The molecule has 0 unspecified atom stereocenters. The number of rotatable bonds is 14. The maximum Gasteiger partial charge on any atom is 0.217 e. The van der Waals surface area contributed by atoms with Crippen LogP contribution in [-0.4, -0.2) is 263 Å². The molecule has 61 heavy (non-hydrogen) atoms. The molecule has 5 saturated heterocycles. The fourth-order valence-corrected chi connectivity index (χ4v) is 7.66. The fourth-order valence-electron chi connectivity index (χ4n) is 7.66. The average Bonchev–Trinajstić information content (AvgIpc) is 3.21. The summed E-state index contributed by atoms with van der Waals surface area (Å²) in [6.45, 7) is 0.0607. The first-order chi connectivity index (χ1) is 28.7. The van der Waals surface area contributed by atoms with Crippen LogP contribution in [-0.2, 0) is 52.2 Å². The van der Waals surface area contributed by atoms with Crippen molar-refractivity contribution >= 4 is 11.8 Å². The van der Waals surface area contributed by atoms with E-state index in [1.54, 1.807) is 0 Å². The third-order valence-electron chi connectivity index (χ3n) is 11.1. The molecule has 0 aromatic rings. The predicted octanol–water partition coefficient (Wildman–Crippen LogP) is -10.6. The van der Waals surface area contributed by atoms with E-state index in [2.05, 4.69) is 10.6 Å². The zero-order valence-corrected chi connectivity index (χ0v) is 33.0. The second-order valence-electron chi connectivity index (χ2n) is 15.4. The van der Waals surface area contributed by atoms with E-state index in [-0.39, 0.29) is 0 Å². The molecule has 0 radical (unpaired) electrons. The number of ether oxygens (including phenoxy) is 9. The Morgan fingerprint density at radius 2 is 0.934 bits per heavy atom.